The third-order valence-electron chi connectivity index (χ3n) is 2.22. The molecule has 1 aromatic heterocycles. The van der Waals surface area contributed by atoms with Crippen molar-refractivity contribution in [2.75, 3.05) is 13.2 Å². The lowest BCUT2D eigenvalue weighted by molar-refractivity contribution is 0.0583. The molecule has 0 aromatic carbocycles. The standard InChI is InChI=1S/C8H10I2N2O/c9-7-8(10)12(5-11-7)6-2-1-3-13-4-6/h5-6H,1-4H2. The summed E-state index contributed by atoms with van der Waals surface area (Å²) in [6, 6.07) is 0.497. The van der Waals surface area contributed by atoms with Gasteiger partial charge in [0.25, 0.3) is 0 Å². The van der Waals surface area contributed by atoms with E-state index in [1.54, 1.807) is 0 Å². The Bertz CT molecular complexity index is 294. The van der Waals surface area contributed by atoms with E-state index >= 15 is 0 Å². The second kappa shape index (κ2) is 4.43. The average molecular weight is 404 g/mol. The van der Waals surface area contributed by atoms with Gasteiger partial charge in [0.15, 0.2) is 0 Å². The number of imidazole rings is 1. The van der Waals surface area contributed by atoms with Gasteiger partial charge >= 0.3 is 0 Å². The number of hydrogen-bond acceptors (Lipinski definition) is 2. The van der Waals surface area contributed by atoms with E-state index in [0.29, 0.717) is 6.04 Å². The average Bonchev–Trinajstić information content (AvgIpc) is 2.49. The Morgan fingerprint density at radius 3 is 2.92 bits per heavy atom. The van der Waals surface area contributed by atoms with Gasteiger partial charge in [-0.2, -0.15) is 0 Å². The molecule has 72 valence electrons. The van der Waals surface area contributed by atoms with Crippen LogP contribution in [0.4, 0.5) is 0 Å². The van der Waals surface area contributed by atoms with E-state index in [0.717, 1.165) is 23.3 Å². The van der Waals surface area contributed by atoms with Gasteiger partial charge in [0.1, 0.15) is 7.40 Å². The summed E-state index contributed by atoms with van der Waals surface area (Å²) in [4.78, 5) is 4.28. The summed E-state index contributed by atoms with van der Waals surface area (Å²) in [7, 11) is 0. The molecule has 0 radical (unpaired) electrons. The summed E-state index contributed by atoms with van der Waals surface area (Å²) in [5.41, 5.74) is 0. The molecule has 0 bridgehead atoms. The normalized spacial score (nSPS) is 23.4. The topological polar surface area (TPSA) is 27.1 Å². The fraction of sp³-hybridized carbons (Fsp3) is 0.625. The molecule has 0 spiro atoms. The maximum atomic E-state index is 5.45. The van der Waals surface area contributed by atoms with Gasteiger partial charge in [-0.25, -0.2) is 4.98 Å². The van der Waals surface area contributed by atoms with Gasteiger partial charge in [0.05, 0.1) is 19.0 Å². The number of ether oxygens (including phenoxy) is 1. The van der Waals surface area contributed by atoms with Crippen molar-refractivity contribution < 1.29 is 4.74 Å². The monoisotopic (exact) mass is 404 g/mol. The van der Waals surface area contributed by atoms with Gasteiger partial charge in [-0.1, -0.05) is 0 Å². The fourth-order valence-electron chi connectivity index (χ4n) is 1.52. The zero-order chi connectivity index (χ0) is 9.26. The van der Waals surface area contributed by atoms with E-state index in [9.17, 15) is 0 Å². The van der Waals surface area contributed by atoms with Crippen molar-refractivity contribution in [1.29, 1.82) is 0 Å². The minimum absolute atomic E-state index is 0.497. The summed E-state index contributed by atoms with van der Waals surface area (Å²) < 4.78 is 9.99. The molecule has 13 heavy (non-hydrogen) atoms. The van der Waals surface area contributed by atoms with Crippen molar-refractivity contribution in [3.8, 4) is 0 Å². The van der Waals surface area contributed by atoms with Gasteiger partial charge in [-0.05, 0) is 58.0 Å². The summed E-state index contributed by atoms with van der Waals surface area (Å²) in [5, 5.41) is 0. The van der Waals surface area contributed by atoms with Crippen LogP contribution in [0.25, 0.3) is 0 Å². The second-order valence-electron chi connectivity index (χ2n) is 3.10. The molecule has 1 atom stereocenters. The van der Waals surface area contributed by atoms with E-state index in [1.165, 1.54) is 10.1 Å². The summed E-state index contributed by atoms with van der Waals surface area (Å²) in [5.74, 6) is 0. The molecule has 5 heteroatoms. The Kier molecular flexibility index (Phi) is 3.46. The van der Waals surface area contributed by atoms with Crippen LogP contribution in [0.3, 0.4) is 0 Å². The molecule has 1 aromatic rings. The molecule has 0 aliphatic carbocycles. The summed E-state index contributed by atoms with van der Waals surface area (Å²) in [6.45, 7) is 1.75. The van der Waals surface area contributed by atoms with Crippen LogP contribution in [-0.2, 0) is 4.74 Å². The molecular weight excluding hydrogens is 394 g/mol. The summed E-state index contributed by atoms with van der Waals surface area (Å²) >= 11 is 4.60. The number of aromatic nitrogens is 2. The summed E-state index contributed by atoms with van der Waals surface area (Å²) in [6.07, 6.45) is 4.29. The first-order chi connectivity index (χ1) is 6.29. The number of halogens is 2. The van der Waals surface area contributed by atoms with Crippen LogP contribution in [0.5, 0.6) is 0 Å². The van der Waals surface area contributed by atoms with E-state index < -0.39 is 0 Å². The van der Waals surface area contributed by atoms with Gasteiger partial charge in [0, 0.05) is 6.61 Å². The quantitative estimate of drug-likeness (QED) is 0.673. The predicted octanol–water partition coefficient (Wildman–Crippen LogP) is 2.44. The maximum Gasteiger partial charge on any atom is 0.132 e. The molecule has 1 fully saturated rings. The Morgan fingerprint density at radius 1 is 1.54 bits per heavy atom. The lowest BCUT2D eigenvalue weighted by Crippen LogP contribution is -2.21. The van der Waals surface area contributed by atoms with Crippen LogP contribution >= 0.6 is 45.2 Å². The van der Waals surface area contributed by atoms with Crippen LogP contribution in [-0.4, -0.2) is 22.8 Å². The minimum atomic E-state index is 0.497. The second-order valence-corrected chi connectivity index (χ2v) is 5.15. The van der Waals surface area contributed by atoms with E-state index in [4.69, 9.17) is 4.74 Å². The third kappa shape index (κ3) is 2.17. The highest BCUT2D eigenvalue weighted by Gasteiger charge is 2.18. The zero-order valence-electron chi connectivity index (χ0n) is 7.04. The number of nitrogens with zero attached hydrogens (tertiary/aromatic N) is 2. The predicted molar refractivity (Wildman–Crippen MR) is 66.8 cm³/mol. The van der Waals surface area contributed by atoms with Crippen LogP contribution < -0.4 is 0 Å². The lowest BCUT2D eigenvalue weighted by Gasteiger charge is -2.23. The lowest BCUT2D eigenvalue weighted by atomic mass is 10.1. The van der Waals surface area contributed by atoms with Gasteiger partial charge < -0.3 is 9.30 Å². The highest BCUT2D eigenvalue weighted by Crippen LogP contribution is 2.24. The van der Waals surface area contributed by atoms with Gasteiger partial charge in [-0.3, -0.25) is 0 Å². The minimum Gasteiger partial charge on any atom is -0.379 e. The third-order valence-corrected chi connectivity index (χ3v) is 5.11. The molecule has 1 aliphatic rings. The molecular formula is C8H10I2N2O. The highest BCUT2D eigenvalue weighted by atomic mass is 127. The van der Waals surface area contributed by atoms with E-state index in [-0.39, 0.29) is 0 Å². The molecule has 1 aliphatic heterocycles. The van der Waals surface area contributed by atoms with Gasteiger partial charge in [0.2, 0.25) is 0 Å². The van der Waals surface area contributed by atoms with Crippen molar-refractivity contribution in [2.45, 2.75) is 18.9 Å². The van der Waals surface area contributed by atoms with E-state index in [2.05, 4.69) is 54.7 Å². The van der Waals surface area contributed by atoms with Crippen LogP contribution in [0.2, 0.25) is 0 Å². The largest absolute Gasteiger partial charge is 0.379 e. The Labute approximate surface area is 105 Å². The SMILES string of the molecule is Ic1ncn(C2CCCOC2)c1I. The zero-order valence-corrected chi connectivity index (χ0v) is 11.4. The first kappa shape index (κ1) is 10.2. The number of rotatable bonds is 1. The van der Waals surface area contributed by atoms with Crippen molar-refractivity contribution >= 4 is 45.2 Å². The fourth-order valence-corrected chi connectivity index (χ4v) is 2.58. The van der Waals surface area contributed by atoms with Crippen molar-refractivity contribution in [3.63, 3.8) is 0 Å². The van der Waals surface area contributed by atoms with Crippen molar-refractivity contribution in [1.82, 2.24) is 9.55 Å². The molecule has 3 nitrogen and oxygen atoms in total. The molecule has 1 unspecified atom stereocenters. The van der Waals surface area contributed by atoms with Crippen molar-refractivity contribution in [3.05, 3.63) is 13.7 Å². The smallest absolute Gasteiger partial charge is 0.132 e. The molecule has 0 saturated carbocycles. The number of hydrogen-bond donors (Lipinski definition) is 0. The molecule has 2 heterocycles. The van der Waals surface area contributed by atoms with E-state index in [1.807, 2.05) is 6.33 Å². The Balaban J connectivity index is 2.18. The molecule has 1 saturated heterocycles. The Hall–Kier alpha value is 0.630. The highest BCUT2D eigenvalue weighted by molar-refractivity contribution is 14.1. The van der Waals surface area contributed by atoms with Crippen LogP contribution in [0.15, 0.2) is 6.33 Å². The first-order valence-electron chi connectivity index (χ1n) is 4.24. The maximum absolute atomic E-state index is 5.45. The van der Waals surface area contributed by atoms with Gasteiger partial charge in [-0.15, -0.1) is 0 Å². The molecule has 0 amide bonds. The molecule has 2 rings (SSSR count). The van der Waals surface area contributed by atoms with Crippen molar-refractivity contribution in [2.24, 2.45) is 0 Å². The van der Waals surface area contributed by atoms with Crippen LogP contribution in [0.1, 0.15) is 18.9 Å². The Morgan fingerprint density at radius 2 is 2.38 bits per heavy atom. The first-order valence-corrected chi connectivity index (χ1v) is 6.40. The molecule has 0 N–H and O–H groups in total. The van der Waals surface area contributed by atoms with Crippen LogP contribution in [0, 0.1) is 7.40 Å².